The molecule has 0 aromatic heterocycles. The summed E-state index contributed by atoms with van der Waals surface area (Å²) in [5.41, 5.74) is -0.407. The normalized spacial score (nSPS) is 9.20. The Bertz CT molecular complexity index is 121. The maximum Gasteiger partial charge on any atom is 0.304 e. The van der Waals surface area contributed by atoms with Crippen molar-refractivity contribution in [2.45, 2.75) is 6.42 Å². The van der Waals surface area contributed by atoms with Crippen molar-refractivity contribution in [2.75, 3.05) is 11.5 Å². The van der Waals surface area contributed by atoms with E-state index < -0.39 is 11.7 Å². The third-order valence-corrected chi connectivity index (χ3v) is 1.69. The number of hydrogen-bond acceptors (Lipinski definition) is 3. The summed E-state index contributed by atoms with van der Waals surface area (Å²) in [5, 5.41) is 8.15. The van der Waals surface area contributed by atoms with E-state index in [-0.39, 0.29) is 12.2 Å². The van der Waals surface area contributed by atoms with Crippen LogP contribution < -0.4 is 0 Å². The monoisotopic (exact) mass is 158 g/mol. The van der Waals surface area contributed by atoms with E-state index in [1.54, 1.807) is 0 Å². The summed E-state index contributed by atoms with van der Waals surface area (Å²) >= 11 is 1.23. The van der Waals surface area contributed by atoms with Crippen molar-refractivity contribution >= 4 is 31.3 Å². The molecule has 54 valence electrons. The smallest absolute Gasteiger partial charge is 0.304 e. The molecule has 2 radical (unpaired) electrons. The van der Waals surface area contributed by atoms with Crippen LogP contribution in [0.2, 0.25) is 0 Å². The first-order valence-corrected chi connectivity index (χ1v) is 3.86. The zero-order valence-electron chi connectivity index (χ0n) is 5.37. The second-order valence-corrected chi connectivity index (χ2v) is 2.77. The highest BCUT2D eigenvalue weighted by Gasteiger charge is 1.97. The summed E-state index contributed by atoms with van der Waals surface area (Å²) in [4.78, 5) is 20.0. The maximum absolute atomic E-state index is 10.1. The van der Waals surface area contributed by atoms with E-state index in [0.29, 0.717) is 5.75 Å². The van der Waals surface area contributed by atoms with Gasteiger partial charge >= 0.3 is 5.97 Å². The van der Waals surface area contributed by atoms with Crippen molar-refractivity contribution in [3.8, 4) is 0 Å². The Balaban J connectivity index is 3.06. The van der Waals surface area contributed by atoms with Gasteiger partial charge in [0, 0.05) is 11.5 Å². The Morgan fingerprint density at radius 1 is 1.50 bits per heavy atom. The molecule has 0 heterocycles. The van der Waals surface area contributed by atoms with E-state index in [4.69, 9.17) is 13.0 Å². The third-order valence-electron chi connectivity index (χ3n) is 0.705. The molecule has 0 fully saturated rings. The van der Waals surface area contributed by atoms with Crippen molar-refractivity contribution in [1.82, 2.24) is 0 Å². The van der Waals surface area contributed by atoms with Crippen LogP contribution in [0.3, 0.4) is 0 Å². The molecule has 10 heavy (non-hydrogen) atoms. The van der Waals surface area contributed by atoms with Crippen LogP contribution in [0, 0.1) is 0 Å². The van der Waals surface area contributed by atoms with Crippen LogP contribution in [-0.2, 0) is 9.59 Å². The topological polar surface area (TPSA) is 54.4 Å². The first-order valence-electron chi connectivity index (χ1n) is 2.70. The molecule has 5 heteroatoms. The molecule has 0 aliphatic heterocycles. The van der Waals surface area contributed by atoms with Gasteiger partial charge in [0.25, 0.3) is 0 Å². The van der Waals surface area contributed by atoms with Gasteiger partial charge in [-0.15, -0.1) is 0 Å². The van der Waals surface area contributed by atoms with Crippen molar-refractivity contribution in [3.05, 3.63) is 0 Å². The van der Waals surface area contributed by atoms with Crippen LogP contribution in [0.15, 0.2) is 0 Å². The number of aliphatic carboxylic acids is 1. The van der Waals surface area contributed by atoms with Crippen LogP contribution in [0.1, 0.15) is 6.42 Å². The van der Waals surface area contributed by atoms with Crippen LogP contribution in [-0.4, -0.2) is 36.1 Å². The molecule has 0 aromatic rings. The maximum atomic E-state index is 10.1. The molecule has 0 rings (SSSR count). The van der Waals surface area contributed by atoms with Crippen molar-refractivity contribution < 1.29 is 14.7 Å². The summed E-state index contributed by atoms with van der Waals surface area (Å²) < 4.78 is 0. The molecule has 0 bridgehead atoms. The summed E-state index contributed by atoms with van der Waals surface area (Å²) in [6, 6.07) is 0. The second kappa shape index (κ2) is 5.35. The molecular weight excluding hydrogens is 151 g/mol. The van der Waals surface area contributed by atoms with E-state index >= 15 is 0 Å². The van der Waals surface area contributed by atoms with Crippen molar-refractivity contribution in [2.24, 2.45) is 0 Å². The number of carbonyl (C=O) groups is 2. The van der Waals surface area contributed by atoms with Gasteiger partial charge in [-0.2, -0.15) is 11.8 Å². The zero-order chi connectivity index (χ0) is 7.98. The van der Waals surface area contributed by atoms with Gasteiger partial charge < -0.3 is 9.90 Å². The van der Waals surface area contributed by atoms with Gasteiger partial charge in [-0.05, 0) is 0 Å². The number of carboxylic acids is 1. The van der Waals surface area contributed by atoms with E-state index in [1.807, 2.05) is 0 Å². The molecule has 0 unspecified atom stereocenters. The van der Waals surface area contributed by atoms with Crippen molar-refractivity contribution in [3.63, 3.8) is 0 Å². The number of rotatable bonds is 5. The number of carboxylic acid groups (broad SMARTS) is 1. The average molecular weight is 158 g/mol. The molecule has 0 atom stereocenters. The zero-order valence-corrected chi connectivity index (χ0v) is 6.19. The van der Waals surface area contributed by atoms with Crippen LogP contribution in [0.5, 0.6) is 0 Å². The fraction of sp³-hybridized carbons (Fsp3) is 0.600. The van der Waals surface area contributed by atoms with E-state index in [2.05, 4.69) is 0 Å². The van der Waals surface area contributed by atoms with Gasteiger partial charge in [-0.25, -0.2) is 0 Å². The Morgan fingerprint density at radius 3 is 2.50 bits per heavy atom. The Hall–Kier alpha value is -0.445. The standard InChI is InChI=1S/C5H7BO3S/c6-4(7)3-10-2-1-5(8)9/h1-3H2,(H,8,9). The minimum atomic E-state index is -0.850. The number of hydrogen-bond donors (Lipinski definition) is 1. The Morgan fingerprint density at radius 2 is 2.10 bits per heavy atom. The SMILES string of the molecule is [B]C(=O)CSCCC(=O)O. The van der Waals surface area contributed by atoms with Gasteiger partial charge in [-0.3, -0.25) is 4.79 Å². The summed E-state index contributed by atoms with van der Waals surface area (Å²) in [6.45, 7) is 0. The molecule has 0 aromatic carbocycles. The predicted molar refractivity (Wildman–Crippen MR) is 40.3 cm³/mol. The average Bonchev–Trinajstić information content (AvgIpc) is 1.79. The molecule has 0 spiro atoms. The van der Waals surface area contributed by atoms with Gasteiger partial charge in [0.1, 0.15) is 0 Å². The highest BCUT2D eigenvalue weighted by molar-refractivity contribution is 8.00. The largest absolute Gasteiger partial charge is 0.481 e. The molecule has 0 aliphatic rings. The van der Waals surface area contributed by atoms with Crippen molar-refractivity contribution in [1.29, 1.82) is 0 Å². The summed E-state index contributed by atoms with van der Waals surface area (Å²) in [6.07, 6.45) is 0.0813. The predicted octanol–water partition coefficient (Wildman–Crippen LogP) is -0.111. The van der Waals surface area contributed by atoms with Gasteiger partial charge in [-0.1, -0.05) is 0 Å². The molecule has 1 N–H and O–H groups in total. The summed E-state index contributed by atoms with van der Waals surface area (Å²) in [7, 11) is 4.80. The molecule has 3 nitrogen and oxygen atoms in total. The highest BCUT2D eigenvalue weighted by atomic mass is 32.2. The fourth-order valence-corrected chi connectivity index (χ4v) is 0.997. The lowest BCUT2D eigenvalue weighted by atomic mass is 10.1. The first-order chi connectivity index (χ1) is 4.63. The Labute approximate surface area is 64.6 Å². The summed E-state index contributed by atoms with van der Waals surface area (Å²) in [5.74, 6) is -0.206. The van der Waals surface area contributed by atoms with Crippen LogP contribution in [0.25, 0.3) is 0 Å². The molecule has 0 amide bonds. The third kappa shape index (κ3) is 7.55. The first kappa shape index (κ1) is 9.55. The lowest BCUT2D eigenvalue weighted by molar-refractivity contribution is -0.136. The minimum Gasteiger partial charge on any atom is -0.481 e. The molecular formula is C5H7BO3S. The van der Waals surface area contributed by atoms with Gasteiger partial charge in [0.05, 0.1) is 12.1 Å². The lowest BCUT2D eigenvalue weighted by Gasteiger charge is -1.93. The number of thioether (sulfide) groups is 1. The van der Waals surface area contributed by atoms with Gasteiger partial charge in [0.15, 0.2) is 7.85 Å². The minimum absolute atomic E-state index is 0.0813. The quantitative estimate of drug-likeness (QED) is 0.448. The highest BCUT2D eigenvalue weighted by Crippen LogP contribution is 2.00. The fourth-order valence-electron chi connectivity index (χ4n) is 0.332. The number of carbonyl (C=O) groups excluding carboxylic acids is 1. The van der Waals surface area contributed by atoms with E-state index in [9.17, 15) is 9.59 Å². The molecule has 0 saturated carbocycles. The molecule has 0 saturated heterocycles. The second-order valence-electron chi connectivity index (χ2n) is 1.66. The Kier molecular flexibility index (Phi) is 5.11. The van der Waals surface area contributed by atoms with Crippen LogP contribution >= 0.6 is 11.8 Å². The van der Waals surface area contributed by atoms with Crippen LogP contribution in [0.4, 0.5) is 0 Å². The molecule has 0 aliphatic carbocycles. The van der Waals surface area contributed by atoms with Gasteiger partial charge in [0.2, 0.25) is 0 Å². The van der Waals surface area contributed by atoms with E-state index in [0.717, 1.165) is 0 Å². The lowest BCUT2D eigenvalue weighted by Crippen LogP contribution is -2.02. The van der Waals surface area contributed by atoms with E-state index in [1.165, 1.54) is 11.8 Å².